The third kappa shape index (κ3) is 4.33. The Balaban J connectivity index is 1.52. The Kier molecular flexibility index (Phi) is 5.64. The van der Waals surface area contributed by atoms with Gasteiger partial charge in [-0.05, 0) is 26.0 Å². The third-order valence-electron chi connectivity index (χ3n) is 5.15. The molecule has 1 aromatic heterocycles. The van der Waals surface area contributed by atoms with Gasteiger partial charge in [-0.2, -0.15) is 4.98 Å². The number of benzene rings is 1. The molecule has 1 aromatic carbocycles. The highest BCUT2D eigenvalue weighted by Crippen LogP contribution is 2.33. The van der Waals surface area contributed by atoms with Crippen LogP contribution in [0.5, 0.6) is 0 Å². The van der Waals surface area contributed by atoms with Crippen molar-refractivity contribution in [3.8, 4) is 0 Å². The Labute approximate surface area is 170 Å². The number of ether oxygens (including phenoxy) is 3. The van der Waals surface area contributed by atoms with Gasteiger partial charge in [0.15, 0.2) is 5.79 Å². The van der Waals surface area contributed by atoms with Gasteiger partial charge in [0.05, 0.1) is 31.1 Å². The maximum atomic E-state index is 12.2. The first kappa shape index (κ1) is 19.6. The van der Waals surface area contributed by atoms with Gasteiger partial charge in [-0.3, -0.25) is 0 Å². The summed E-state index contributed by atoms with van der Waals surface area (Å²) in [6, 6.07) is 9.11. The van der Waals surface area contributed by atoms with Crippen LogP contribution in [0.25, 0.3) is 0 Å². The van der Waals surface area contributed by atoms with Crippen LogP contribution in [0.3, 0.4) is 0 Å². The minimum Gasteiger partial charge on any atom is -0.462 e. The minimum absolute atomic E-state index is 0.327. The first-order valence-corrected chi connectivity index (χ1v) is 10.0. The normalized spacial score (nSPS) is 18.1. The van der Waals surface area contributed by atoms with E-state index in [4.69, 9.17) is 14.2 Å². The zero-order valence-electron chi connectivity index (χ0n) is 16.8. The smallest absolute Gasteiger partial charge is 0.340 e. The van der Waals surface area contributed by atoms with E-state index in [1.807, 2.05) is 31.2 Å². The van der Waals surface area contributed by atoms with Crippen LogP contribution in [-0.4, -0.2) is 54.6 Å². The van der Waals surface area contributed by atoms with E-state index < -0.39 is 5.79 Å². The quantitative estimate of drug-likeness (QED) is 0.769. The molecule has 3 heterocycles. The van der Waals surface area contributed by atoms with Gasteiger partial charge < -0.3 is 24.4 Å². The lowest BCUT2D eigenvalue weighted by Gasteiger charge is -2.37. The molecule has 2 fully saturated rings. The average Bonchev–Trinajstić information content (AvgIpc) is 3.16. The van der Waals surface area contributed by atoms with Crippen molar-refractivity contribution in [2.24, 2.45) is 0 Å². The largest absolute Gasteiger partial charge is 0.462 e. The number of aromatic nitrogens is 2. The predicted molar refractivity (Wildman–Crippen MR) is 109 cm³/mol. The molecule has 0 bridgehead atoms. The number of nitrogens with zero attached hydrogens (tertiary/aromatic N) is 3. The van der Waals surface area contributed by atoms with Crippen LogP contribution in [0.4, 0.5) is 17.5 Å². The first-order chi connectivity index (χ1) is 14.1. The van der Waals surface area contributed by atoms with Gasteiger partial charge in [-0.1, -0.05) is 12.1 Å². The summed E-state index contributed by atoms with van der Waals surface area (Å²) in [6.45, 7) is 6.91. The maximum Gasteiger partial charge on any atom is 0.340 e. The van der Waals surface area contributed by atoms with Crippen LogP contribution < -0.4 is 10.2 Å². The van der Waals surface area contributed by atoms with Crippen molar-refractivity contribution in [3.05, 3.63) is 41.6 Å². The molecule has 0 radical (unpaired) electrons. The van der Waals surface area contributed by atoms with Gasteiger partial charge in [0.25, 0.3) is 0 Å². The Morgan fingerprint density at radius 2 is 1.93 bits per heavy atom. The number of hydrogen-bond donors (Lipinski definition) is 1. The molecule has 154 valence electrons. The fourth-order valence-corrected chi connectivity index (χ4v) is 3.71. The third-order valence-corrected chi connectivity index (χ3v) is 5.15. The zero-order chi connectivity index (χ0) is 20.3. The number of hydrogen-bond acceptors (Lipinski definition) is 8. The van der Waals surface area contributed by atoms with E-state index in [1.54, 1.807) is 13.0 Å². The molecule has 29 heavy (non-hydrogen) atoms. The molecular formula is C21H26N4O4. The van der Waals surface area contributed by atoms with Crippen LogP contribution in [0.1, 0.15) is 35.8 Å². The Hall–Kier alpha value is -2.71. The van der Waals surface area contributed by atoms with Crippen LogP contribution in [0.15, 0.2) is 30.3 Å². The molecule has 1 spiro atoms. The van der Waals surface area contributed by atoms with Crippen molar-refractivity contribution >= 4 is 23.4 Å². The van der Waals surface area contributed by atoms with Crippen LogP contribution in [-0.2, 0) is 14.2 Å². The SMILES string of the molecule is CCOC(=O)c1ccccc1Nc1cc(C)nc(N2CCC3(CC2)OCCO3)n1. The van der Waals surface area contributed by atoms with Gasteiger partial charge in [-0.25, -0.2) is 9.78 Å². The lowest BCUT2D eigenvalue weighted by atomic mass is 10.0. The molecule has 0 unspecified atom stereocenters. The van der Waals surface area contributed by atoms with Gasteiger partial charge in [-0.15, -0.1) is 0 Å². The number of aryl methyl sites for hydroxylation is 1. The van der Waals surface area contributed by atoms with Crippen molar-refractivity contribution < 1.29 is 19.0 Å². The second kappa shape index (κ2) is 8.34. The Bertz CT molecular complexity index is 873. The number of para-hydroxylation sites is 1. The summed E-state index contributed by atoms with van der Waals surface area (Å²) in [7, 11) is 0. The standard InChI is InChI=1S/C21H26N4O4/c1-3-27-19(26)16-6-4-5-7-17(16)23-18-14-15(2)22-20(24-18)25-10-8-21(9-11-25)28-12-13-29-21/h4-7,14H,3,8-13H2,1-2H3,(H,22,23,24). The van der Waals surface area contributed by atoms with E-state index in [1.165, 1.54) is 0 Å². The minimum atomic E-state index is -0.431. The highest BCUT2D eigenvalue weighted by atomic mass is 16.7. The summed E-state index contributed by atoms with van der Waals surface area (Å²) < 4.78 is 16.8. The molecule has 2 aromatic rings. The van der Waals surface area contributed by atoms with Crippen LogP contribution in [0, 0.1) is 6.92 Å². The van der Waals surface area contributed by atoms with Gasteiger partial charge >= 0.3 is 5.97 Å². The fraction of sp³-hybridized carbons (Fsp3) is 0.476. The number of anilines is 3. The number of nitrogens with one attached hydrogen (secondary N) is 1. The Morgan fingerprint density at radius 1 is 1.21 bits per heavy atom. The molecular weight excluding hydrogens is 372 g/mol. The molecule has 0 aliphatic carbocycles. The lowest BCUT2D eigenvalue weighted by Crippen LogP contribution is -2.45. The second-order valence-electron chi connectivity index (χ2n) is 7.18. The van der Waals surface area contributed by atoms with Crippen molar-refractivity contribution in [2.75, 3.05) is 43.1 Å². The Morgan fingerprint density at radius 3 is 2.66 bits per heavy atom. The molecule has 0 amide bonds. The number of rotatable bonds is 5. The number of esters is 1. The summed E-state index contributed by atoms with van der Waals surface area (Å²) in [5.74, 6) is 0.506. The number of piperidine rings is 1. The molecule has 1 N–H and O–H groups in total. The predicted octanol–water partition coefficient (Wildman–Crippen LogP) is 3.05. The van der Waals surface area contributed by atoms with Crippen LogP contribution >= 0.6 is 0 Å². The first-order valence-electron chi connectivity index (χ1n) is 10.0. The molecule has 2 aliphatic rings. The topological polar surface area (TPSA) is 85.8 Å². The summed E-state index contributed by atoms with van der Waals surface area (Å²) in [6.07, 6.45) is 1.58. The van der Waals surface area contributed by atoms with Crippen molar-refractivity contribution in [1.29, 1.82) is 0 Å². The van der Waals surface area contributed by atoms with E-state index in [0.29, 0.717) is 42.8 Å². The molecule has 8 nitrogen and oxygen atoms in total. The lowest BCUT2D eigenvalue weighted by molar-refractivity contribution is -0.169. The van der Waals surface area contributed by atoms with E-state index in [9.17, 15) is 4.79 Å². The zero-order valence-corrected chi connectivity index (χ0v) is 16.8. The van der Waals surface area contributed by atoms with E-state index in [-0.39, 0.29) is 5.97 Å². The summed E-state index contributed by atoms with van der Waals surface area (Å²) in [5, 5.41) is 3.25. The highest BCUT2D eigenvalue weighted by Gasteiger charge is 2.40. The van der Waals surface area contributed by atoms with Gasteiger partial charge in [0.2, 0.25) is 5.95 Å². The summed E-state index contributed by atoms with van der Waals surface area (Å²) in [4.78, 5) is 23.7. The molecule has 0 atom stereocenters. The van der Waals surface area contributed by atoms with Crippen LogP contribution in [0.2, 0.25) is 0 Å². The number of carbonyl (C=O) groups excluding carboxylic acids is 1. The number of carbonyl (C=O) groups is 1. The average molecular weight is 398 g/mol. The van der Waals surface area contributed by atoms with Crippen molar-refractivity contribution in [3.63, 3.8) is 0 Å². The molecule has 0 saturated carbocycles. The molecule has 2 saturated heterocycles. The second-order valence-corrected chi connectivity index (χ2v) is 7.18. The van der Waals surface area contributed by atoms with Crippen molar-refractivity contribution in [2.45, 2.75) is 32.5 Å². The highest BCUT2D eigenvalue weighted by molar-refractivity contribution is 5.96. The fourth-order valence-electron chi connectivity index (χ4n) is 3.71. The summed E-state index contributed by atoms with van der Waals surface area (Å²) in [5.41, 5.74) is 1.97. The molecule has 4 rings (SSSR count). The van der Waals surface area contributed by atoms with Gasteiger partial charge in [0, 0.05) is 37.7 Å². The van der Waals surface area contributed by atoms with E-state index >= 15 is 0 Å². The maximum absolute atomic E-state index is 12.2. The van der Waals surface area contributed by atoms with E-state index in [0.717, 1.165) is 31.6 Å². The summed E-state index contributed by atoms with van der Waals surface area (Å²) >= 11 is 0. The van der Waals surface area contributed by atoms with Crippen molar-refractivity contribution in [1.82, 2.24) is 9.97 Å². The molecule has 2 aliphatic heterocycles. The molecule has 8 heteroatoms. The monoisotopic (exact) mass is 398 g/mol. The van der Waals surface area contributed by atoms with Gasteiger partial charge in [0.1, 0.15) is 5.82 Å². The van der Waals surface area contributed by atoms with E-state index in [2.05, 4.69) is 20.2 Å².